The van der Waals surface area contributed by atoms with E-state index < -0.39 is 22.9 Å². The van der Waals surface area contributed by atoms with E-state index >= 15 is 0 Å². The maximum atomic E-state index is 13.1. The van der Waals surface area contributed by atoms with Gasteiger partial charge in [-0.15, -0.1) is 0 Å². The molecule has 2 aromatic carbocycles. The van der Waals surface area contributed by atoms with E-state index in [4.69, 9.17) is 9.47 Å². The van der Waals surface area contributed by atoms with Crippen molar-refractivity contribution in [2.75, 3.05) is 12.4 Å². The average molecular weight is 472 g/mol. The van der Waals surface area contributed by atoms with Crippen LogP contribution in [0.1, 0.15) is 17.3 Å². The van der Waals surface area contributed by atoms with E-state index in [0.717, 1.165) is 0 Å². The van der Waals surface area contributed by atoms with Crippen LogP contribution in [0.25, 0.3) is 22.3 Å². The van der Waals surface area contributed by atoms with Crippen LogP contribution in [0.15, 0.2) is 72.9 Å². The molecule has 1 N–H and O–H groups in total. The third-order valence-electron chi connectivity index (χ3n) is 5.17. The van der Waals surface area contributed by atoms with E-state index in [1.165, 1.54) is 32.2 Å². The molecule has 4 aromatic rings. The largest absolute Gasteiger partial charge is 0.495 e. The lowest BCUT2D eigenvalue weighted by Gasteiger charge is -2.16. The molecule has 10 nitrogen and oxygen atoms in total. The van der Waals surface area contributed by atoms with Crippen LogP contribution < -0.4 is 10.1 Å². The van der Waals surface area contributed by atoms with E-state index in [2.05, 4.69) is 15.3 Å². The zero-order chi connectivity index (χ0) is 24.9. The number of rotatable bonds is 7. The van der Waals surface area contributed by atoms with Crippen molar-refractivity contribution in [1.82, 2.24) is 9.97 Å². The summed E-state index contributed by atoms with van der Waals surface area (Å²) in [6, 6.07) is 17.8. The Hall–Kier alpha value is -4.86. The van der Waals surface area contributed by atoms with Crippen LogP contribution in [-0.4, -0.2) is 40.0 Å². The van der Waals surface area contributed by atoms with Gasteiger partial charge in [0.2, 0.25) is 0 Å². The van der Waals surface area contributed by atoms with Gasteiger partial charge in [-0.05, 0) is 37.3 Å². The smallest absolute Gasteiger partial charge is 0.339 e. The second-order valence-electron chi connectivity index (χ2n) is 7.47. The molecule has 4 rings (SSSR count). The SMILES string of the molecule is COc1ccc([N+](=O)[O-])cc1NC(=O)C(C)OC(=O)c1cc(-c2ccccn2)nc2ccccc12. The van der Waals surface area contributed by atoms with E-state index in [1.807, 2.05) is 6.07 Å². The van der Waals surface area contributed by atoms with Crippen LogP contribution in [0.2, 0.25) is 0 Å². The van der Waals surface area contributed by atoms with Crippen LogP contribution in [0, 0.1) is 10.1 Å². The number of para-hydroxylation sites is 1. The molecule has 0 aliphatic heterocycles. The number of hydrogen-bond acceptors (Lipinski definition) is 8. The average Bonchev–Trinajstić information content (AvgIpc) is 2.88. The molecular weight excluding hydrogens is 452 g/mol. The van der Waals surface area contributed by atoms with Gasteiger partial charge in [-0.2, -0.15) is 0 Å². The number of benzene rings is 2. The highest BCUT2D eigenvalue weighted by molar-refractivity contribution is 6.06. The number of ether oxygens (including phenoxy) is 2. The highest BCUT2D eigenvalue weighted by atomic mass is 16.6. The van der Waals surface area contributed by atoms with Gasteiger partial charge in [0, 0.05) is 23.7 Å². The van der Waals surface area contributed by atoms with Gasteiger partial charge >= 0.3 is 5.97 Å². The summed E-state index contributed by atoms with van der Waals surface area (Å²) in [5.74, 6) is -1.18. The Kier molecular flexibility index (Phi) is 6.63. The number of pyridine rings is 2. The molecule has 0 saturated heterocycles. The number of aromatic nitrogens is 2. The Labute approximate surface area is 199 Å². The molecule has 0 bridgehead atoms. The van der Waals surface area contributed by atoms with Crippen molar-refractivity contribution in [1.29, 1.82) is 0 Å². The molecule has 0 aliphatic carbocycles. The highest BCUT2D eigenvalue weighted by Crippen LogP contribution is 2.29. The summed E-state index contributed by atoms with van der Waals surface area (Å²) in [7, 11) is 1.37. The summed E-state index contributed by atoms with van der Waals surface area (Å²) in [5, 5.41) is 14.2. The fourth-order valence-electron chi connectivity index (χ4n) is 3.41. The second kappa shape index (κ2) is 9.96. The van der Waals surface area contributed by atoms with Crippen molar-refractivity contribution in [3.8, 4) is 17.1 Å². The molecule has 0 radical (unpaired) electrons. The van der Waals surface area contributed by atoms with E-state index in [9.17, 15) is 19.7 Å². The lowest BCUT2D eigenvalue weighted by molar-refractivity contribution is -0.384. The van der Waals surface area contributed by atoms with Crippen LogP contribution in [-0.2, 0) is 9.53 Å². The summed E-state index contributed by atoms with van der Waals surface area (Å²) in [5.41, 5.74) is 1.72. The maximum Gasteiger partial charge on any atom is 0.339 e. The van der Waals surface area contributed by atoms with Crippen molar-refractivity contribution in [3.05, 3.63) is 88.6 Å². The molecule has 1 amide bonds. The molecule has 0 spiro atoms. The molecule has 2 heterocycles. The number of fused-ring (bicyclic) bond motifs is 1. The summed E-state index contributed by atoms with van der Waals surface area (Å²) in [6.45, 7) is 1.40. The first kappa shape index (κ1) is 23.3. The molecule has 1 atom stereocenters. The van der Waals surface area contributed by atoms with Gasteiger partial charge < -0.3 is 14.8 Å². The number of non-ortho nitro benzene ring substituents is 1. The first-order chi connectivity index (χ1) is 16.9. The summed E-state index contributed by atoms with van der Waals surface area (Å²) >= 11 is 0. The monoisotopic (exact) mass is 472 g/mol. The number of amides is 1. The van der Waals surface area contributed by atoms with Gasteiger partial charge in [-0.1, -0.05) is 24.3 Å². The minimum absolute atomic E-state index is 0.0846. The normalized spacial score (nSPS) is 11.5. The fourth-order valence-corrected chi connectivity index (χ4v) is 3.41. The maximum absolute atomic E-state index is 13.1. The summed E-state index contributed by atoms with van der Waals surface area (Å²) in [6.07, 6.45) is 0.412. The fraction of sp³-hybridized carbons (Fsp3) is 0.120. The second-order valence-corrected chi connectivity index (χ2v) is 7.47. The molecule has 2 aromatic heterocycles. The number of carbonyl (C=O) groups is 2. The summed E-state index contributed by atoms with van der Waals surface area (Å²) in [4.78, 5) is 45.2. The predicted octanol–water partition coefficient (Wildman–Crippen LogP) is 4.40. The molecule has 10 heteroatoms. The standard InChI is InChI=1S/C25H20N4O6/c1-15(24(30)28-22-13-16(29(32)33)10-11-23(22)34-2)35-25(31)18-14-21(20-9-5-6-12-26-20)27-19-8-4-3-7-17(18)19/h3-15H,1-2H3,(H,28,30). The van der Waals surface area contributed by atoms with Crippen LogP contribution in [0.3, 0.4) is 0 Å². The Morgan fingerprint density at radius 2 is 1.80 bits per heavy atom. The Bertz CT molecular complexity index is 1420. The lowest BCUT2D eigenvalue weighted by Crippen LogP contribution is -2.30. The van der Waals surface area contributed by atoms with Crippen LogP contribution >= 0.6 is 0 Å². The molecule has 0 fully saturated rings. The van der Waals surface area contributed by atoms with E-state index in [1.54, 1.807) is 48.7 Å². The van der Waals surface area contributed by atoms with Gasteiger partial charge in [0.1, 0.15) is 5.75 Å². The zero-order valence-electron chi connectivity index (χ0n) is 18.8. The number of nitrogens with zero attached hydrogens (tertiary/aromatic N) is 3. The van der Waals surface area contributed by atoms with Crippen molar-refractivity contribution in [2.24, 2.45) is 0 Å². The number of nitrogens with one attached hydrogen (secondary N) is 1. The molecular formula is C25H20N4O6. The predicted molar refractivity (Wildman–Crippen MR) is 128 cm³/mol. The minimum atomic E-state index is -1.21. The van der Waals surface area contributed by atoms with Gasteiger partial charge in [-0.3, -0.25) is 19.9 Å². The van der Waals surface area contributed by atoms with Gasteiger partial charge in [0.05, 0.1) is 40.2 Å². The minimum Gasteiger partial charge on any atom is -0.495 e. The topological polar surface area (TPSA) is 134 Å². The number of nitro groups is 1. The van der Waals surface area contributed by atoms with Crippen LogP contribution in [0.5, 0.6) is 5.75 Å². The molecule has 176 valence electrons. The zero-order valence-corrected chi connectivity index (χ0v) is 18.8. The number of nitro benzene ring substituents is 1. The highest BCUT2D eigenvalue weighted by Gasteiger charge is 2.23. The Morgan fingerprint density at radius 1 is 1.03 bits per heavy atom. The number of hydrogen-bond donors (Lipinski definition) is 1. The molecule has 1 unspecified atom stereocenters. The molecule has 0 saturated carbocycles. The van der Waals surface area contributed by atoms with Crippen molar-refractivity contribution >= 4 is 34.2 Å². The Morgan fingerprint density at radius 3 is 2.51 bits per heavy atom. The molecule has 35 heavy (non-hydrogen) atoms. The van der Waals surface area contributed by atoms with Gasteiger partial charge in [0.15, 0.2) is 6.10 Å². The third-order valence-corrected chi connectivity index (χ3v) is 5.17. The number of anilines is 1. The molecule has 0 aliphatic rings. The van der Waals surface area contributed by atoms with Gasteiger partial charge in [-0.25, -0.2) is 9.78 Å². The van der Waals surface area contributed by atoms with Crippen molar-refractivity contribution < 1.29 is 24.0 Å². The van der Waals surface area contributed by atoms with Gasteiger partial charge in [0.25, 0.3) is 11.6 Å². The van der Waals surface area contributed by atoms with Crippen molar-refractivity contribution in [2.45, 2.75) is 13.0 Å². The van der Waals surface area contributed by atoms with Crippen LogP contribution in [0.4, 0.5) is 11.4 Å². The first-order valence-corrected chi connectivity index (χ1v) is 10.5. The van der Waals surface area contributed by atoms with Crippen molar-refractivity contribution in [3.63, 3.8) is 0 Å². The number of carbonyl (C=O) groups excluding carboxylic acids is 2. The number of methoxy groups -OCH3 is 1. The van der Waals surface area contributed by atoms with E-state index in [0.29, 0.717) is 22.3 Å². The van der Waals surface area contributed by atoms with E-state index in [-0.39, 0.29) is 22.7 Å². The number of esters is 1. The first-order valence-electron chi connectivity index (χ1n) is 10.5. The third kappa shape index (κ3) is 5.06. The quantitative estimate of drug-likeness (QED) is 0.238. The lowest BCUT2D eigenvalue weighted by atomic mass is 10.1. The summed E-state index contributed by atoms with van der Waals surface area (Å²) < 4.78 is 10.6. The Balaban J connectivity index is 1.59.